The molecule has 1 amide bonds. The summed E-state index contributed by atoms with van der Waals surface area (Å²) >= 11 is 0. The molecule has 1 aromatic rings. The summed E-state index contributed by atoms with van der Waals surface area (Å²) in [7, 11) is 2.09. The SMILES string of the molecule is CN1CCN(C(=O)c2c3c(cc4c2OCC4)OCC3)CC1. The summed E-state index contributed by atoms with van der Waals surface area (Å²) < 4.78 is 11.5. The van der Waals surface area contributed by atoms with E-state index in [2.05, 4.69) is 18.0 Å². The first-order valence-electron chi connectivity index (χ1n) is 7.66. The maximum Gasteiger partial charge on any atom is 0.258 e. The molecule has 0 aliphatic carbocycles. The Morgan fingerprint density at radius 3 is 2.67 bits per heavy atom. The standard InChI is InChI=1S/C16H20N2O3/c1-17-4-6-18(7-5-17)16(19)14-12-3-9-20-13(12)10-11-2-8-21-15(11)14/h10H,2-9H2,1H3. The number of piperazine rings is 1. The molecule has 0 radical (unpaired) electrons. The smallest absolute Gasteiger partial charge is 0.258 e. The molecule has 0 spiro atoms. The lowest BCUT2D eigenvalue weighted by molar-refractivity contribution is 0.0659. The van der Waals surface area contributed by atoms with E-state index in [1.165, 1.54) is 0 Å². The second-order valence-electron chi connectivity index (χ2n) is 6.01. The molecule has 3 aliphatic heterocycles. The maximum atomic E-state index is 13.0. The van der Waals surface area contributed by atoms with Crippen molar-refractivity contribution in [1.29, 1.82) is 0 Å². The lowest BCUT2D eigenvalue weighted by atomic mass is 9.98. The third-order valence-electron chi connectivity index (χ3n) is 4.66. The van der Waals surface area contributed by atoms with Crippen LogP contribution in [0.3, 0.4) is 0 Å². The Kier molecular flexibility index (Phi) is 3.03. The molecule has 5 nitrogen and oxygen atoms in total. The summed E-state index contributed by atoms with van der Waals surface area (Å²) in [4.78, 5) is 17.2. The van der Waals surface area contributed by atoms with E-state index in [1.54, 1.807) is 0 Å². The Morgan fingerprint density at radius 1 is 1.10 bits per heavy atom. The Balaban J connectivity index is 1.73. The highest BCUT2D eigenvalue weighted by atomic mass is 16.5. The van der Waals surface area contributed by atoms with Crippen molar-refractivity contribution in [2.24, 2.45) is 0 Å². The van der Waals surface area contributed by atoms with Crippen molar-refractivity contribution < 1.29 is 14.3 Å². The molecular formula is C16H20N2O3. The molecule has 1 aromatic carbocycles. The van der Waals surface area contributed by atoms with Gasteiger partial charge >= 0.3 is 0 Å². The van der Waals surface area contributed by atoms with Gasteiger partial charge in [0.15, 0.2) is 0 Å². The minimum Gasteiger partial charge on any atom is -0.493 e. The fourth-order valence-electron chi connectivity index (χ4n) is 3.38. The number of fused-ring (bicyclic) bond motifs is 2. The molecule has 0 saturated carbocycles. The number of carbonyl (C=O) groups is 1. The van der Waals surface area contributed by atoms with Gasteiger partial charge in [0, 0.05) is 50.1 Å². The molecule has 0 bridgehead atoms. The van der Waals surface area contributed by atoms with E-state index in [1.807, 2.05) is 4.90 Å². The van der Waals surface area contributed by atoms with Gasteiger partial charge in [-0.15, -0.1) is 0 Å². The van der Waals surface area contributed by atoms with Gasteiger partial charge in [-0.05, 0) is 13.1 Å². The molecule has 5 heteroatoms. The molecule has 0 N–H and O–H groups in total. The quantitative estimate of drug-likeness (QED) is 0.771. The zero-order valence-electron chi connectivity index (χ0n) is 12.4. The summed E-state index contributed by atoms with van der Waals surface area (Å²) in [5.41, 5.74) is 2.93. The van der Waals surface area contributed by atoms with Gasteiger partial charge in [-0.1, -0.05) is 0 Å². The van der Waals surface area contributed by atoms with E-state index in [-0.39, 0.29) is 5.91 Å². The van der Waals surface area contributed by atoms with Crippen LogP contribution in [-0.2, 0) is 12.8 Å². The van der Waals surface area contributed by atoms with E-state index in [4.69, 9.17) is 9.47 Å². The highest BCUT2D eigenvalue weighted by Crippen LogP contribution is 2.41. The van der Waals surface area contributed by atoms with Gasteiger partial charge in [0.2, 0.25) is 0 Å². The number of amides is 1. The molecule has 3 aliphatic rings. The zero-order valence-corrected chi connectivity index (χ0v) is 12.4. The normalized spacial score (nSPS) is 20.7. The average molecular weight is 288 g/mol. The van der Waals surface area contributed by atoms with E-state index >= 15 is 0 Å². The second-order valence-corrected chi connectivity index (χ2v) is 6.01. The van der Waals surface area contributed by atoms with Gasteiger partial charge < -0.3 is 19.3 Å². The number of benzene rings is 1. The van der Waals surface area contributed by atoms with Crippen LogP contribution in [-0.4, -0.2) is 62.1 Å². The lowest BCUT2D eigenvalue weighted by Crippen LogP contribution is -2.47. The number of hydrogen-bond acceptors (Lipinski definition) is 4. The van der Waals surface area contributed by atoms with E-state index in [0.717, 1.165) is 67.2 Å². The van der Waals surface area contributed by atoms with Crippen molar-refractivity contribution in [3.05, 3.63) is 22.8 Å². The fraction of sp³-hybridized carbons (Fsp3) is 0.562. The molecule has 112 valence electrons. The van der Waals surface area contributed by atoms with Crippen molar-refractivity contribution in [1.82, 2.24) is 9.80 Å². The maximum absolute atomic E-state index is 13.0. The molecular weight excluding hydrogens is 268 g/mol. The van der Waals surface area contributed by atoms with E-state index in [0.29, 0.717) is 13.2 Å². The van der Waals surface area contributed by atoms with Crippen LogP contribution < -0.4 is 9.47 Å². The molecule has 4 rings (SSSR count). The van der Waals surface area contributed by atoms with Crippen LogP contribution in [0.4, 0.5) is 0 Å². The van der Waals surface area contributed by atoms with Gasteiger partial charge in [0.05, 0.1) is 18.8 Å². The predicted molar refractivity (Wildman–Crippen MR) is 78.2 cm³/mol. The summed E-state index contributed by atoms with van der Waals surface area (Å²) in [6.45, 7) is 4.77. The highest BCUT2D eigenvalue weighted by molar-refractivity contribution is 6.00. The van der Waals surface area contributed by atoms with Crippen LogP contribution in [0.2, 0.25) is 0 Å². The van der Waals surface area contributed by atoms with Gasteiger partial charge in [-0.2, -0.15) is 0 Å². The van der Waals surface area contributed by atoms with Gasteiger partial charge in [-0.3, -0.25) is 4.79 Å². The Hall–Kier alpha value is -1.75. The van der Waals surface area contributed by atoms with Gasteiger partial charge in [0.25, 0.3) is 5.91 Å². The van der Waals surface area contributed by atoms with Crippen LogP contribution in [0.5, 0.6) is 11.5 Å². The number of hydrogen-bond donors (Lipinski definition) is 0. The number of nitrogens with zero attached hydrogens (tertiary/aromatic N) is 2. The first-order valence-corrected chi connectivity index (χ1v) is 7.66. The van der Waals surface area contributed by atoms with Crippen molar-refractivity contribution >= 4 is 5.91 Å². The monoisotopic (exact) mass is 288 g/mol. The van der Waals surface area contributed by atoms with Crippen molar-refractivity contribution in [2.45, 2.75) is 12.8 Å². The van der Waals surface area contributed by atoms with Crippen LogP contribution in [0.15, 0.2) is 6.07 Å². The first kappa shape index (κ1) is 13.0. The van der Waals surface area contributed by atoms with Crippen LogP contribution in [0.25, 0.3) is 0 Å². The predicted octanol–water partition coefficient (Wildman–Crippen LogP) is 0.944. The Bertz CT molecular complexity index is 559. The number of likely N-dealkylation sites (N-methyl/N-ethyl adjacent to an activating group) is 1. The summed E-state index contributed by atoms with van der Waals surface area (Å²) in [5.74, 6) is 1.81. The fourth-order valence-corrected chi connectivity index (χ4v) is 3.38. The average Bonchev–Trinajstić information content (AvgIpc) is 3.12. The van der Waals surface area contributed by atoms with Crippen LogP contribution in [0, 0.1) is 0 Å². The summed E-state index contributed by atoms with van der Waals surface area (Å²) in [6.07, 6.45) is 1.68. The first-order chi connectivity index (χ1) is 10.2. The minimum absolute atomic E-state index is 0.114. The van der Waals surface area contributed by atoms with Crippen LogP contribution in [0.1, 0.15) is 21.5 Å². The topological polar surface area (TPSA) is 42.0 Å². The molecule has 0 unspecified atom stereocenters. The summed E-state index contributed by atoms with van der Waals surface area (Å²) in [6, 6.07) is 2.06. The third kappa shape index (κ3) is 2.07. The van der Waals surface area contributed by atoms with Gasteiger partial charge in [0.1, 0.15) is 11.5 Å². The van der Waals surface area contributed by atoms with Gasteiger partial charge in [-0.25, -0.2) is 0 Å². The zero-order chi connectivity index (χ0) is 14.4. The van der Waals surface area contributed by atoms with Crippen molar-refractivity contribution in [3.8, 4) is 11.5 Å². The van der Waals surface area contributed by atoms with Crippen molar-refractivity contribution in [3.63, 3.8) is 0 Å². The molecule has 21 heavy (non-hydrogen) atoms. The Labute approximate surface area is 124 Å². The number of carbonyl (C=O) groups excluding carboxylic acids is 1. The highest BCUT2D eigenvalue weighted by Gasteiger charge is 2.33. The van der Waals surface area contributed by atoms with Crippen LogP contribution >= 0.6 is 0 Å². The molecule has 1 saturated heterocycles. The largest absolute Gasteiger partial charge is 0.493 e. The molecule has 1 fully saturated rings. The molecule has 3 heterocycles. The number of rotatable bonds is 1. The Morgan fingerprint density at radius 2 is 1.86 bits per heavy atom. The third-order valence-corrected chi connectivity index (χ3v) is 4.66. The lowest BCUT2D eigenvalue weighted by Gasteiger charge is -2.33. The van der Waals surface area contributed by atoms with E-state index in [9.17, 15) is 4.79 Å². The number of ether oxygens (including phenoxy) is 2. The van der Waals surface area contributed by atoms with Crippen molar-refractivity contribution in [2.75, 3.05) is 46.4 Å². The summed E-state index contributed by atoms with van der Waals surface area (Å²) in [5, 5.41) is 0. The molecule has 0 aromatic heterocycles. The van der Waals surface area contributed by atoms with E-state index < -0.39 is 0 Å². The molecule has 0 atom stereocenters. The second kappa shape index (κ2) is 4.91. The minimum atomic E-state index is 0.114.